The van der Waals surface area contributed by atoms with Crippen LogP contribution in [0.1, 0.15) is 10.4 Å². The number of rotatable bonds is 3. The van der Waals surface area contributed by atoms with Crippen LogP contribution < -0.4 is 4.74 Å². The van der Waals surface area contributed by atoms with Crippen molar-refractivity contribution in [1.29, 1.82) is 0 Å². The van der Waals surface area contributed by atoms with Gasteiger partial charge in [0.2, 0.25) is 0 Å². The molecule has 0 aliphatic carbocycles. The molecule has 1 heterocycles. The molecule has 0 radical (unpaired) electrons. The smallest absolute Gasteiger partial charge is 0.343 e. The molecule has 0 fully saturated rings. The van der Waals surface area contributed by atoms with Crippen LogP contribution in [-0.2, 0) is 0 Å². The predicted molar refractivity (Wildman–Crippen MR) is 81.1 cm³/mol. The maximum absolute atomic E-state index is 11.9. The number of hydrogen-bond donors (Lipinski definition) is 0. The fourth-order valence-corrected chi connectivity index (χ4v) is 2.00. The van der Waals surface area contributed by atoms with Gasteiger partial charge in [0.1, 0.15) is 5.75 Å². The second-order valence-electron chi connectivity index (χ2n) is 4.52. The maximum Gasteiger partial charge on any atom is 0.343 e. The van der Waals surface area contributed by atoms with E-state index in [1.165, 1.54) is 0 Å². The molecule has 21 heavy (non-hydrogen) atoms. The molecule has 3 rings (SSSR count). The Labute approximate surface area is 122 Å². The average Bonchev–Trinajstić information content (AvgIpc) is 2.57. The molecule has 0 N–H and O–H groups in total. The van der Waals surface area contributed by atoms with E-state index in [2.05, 4.69) is 4.98 Å². The van der Waals surface area contributed by atoms with Gasteiger partial charge in [-0.15, -0.1) is 0 Å². The van der Waals surface area contributed by atoms with E-state index in [9.17, 15) is 4.79 Å². The molecule has 0 saturated carbocycles. The minimum absolute atomic E-state index is 0.384. The first-order valence-corrected chi connectivity index (χ1v) is 6.60. The van der Waals surface area contributed by atoms with Crippen molar-refractivity contribution in [2.75, 3.05) is 0 Å². The second-order valence-corrected chi connectivity index (χ2v) is 4.52. The van der Waals surface area contributed by atoms with Crippen molar-refractivity contribution in [3.8, 4) is 16.9 Å². The third kappa shape index (κ3) is 3.15. The van der Waals surface area contributed by atoms with Gasteiger partial charge in [0.05, 0.1) is 5.56 Å². The summed E-state index contributed by atoms with van der Waals surface area (Å²) in [5, 5.41) is 0. The number of hydrogen-bond acceptors (Lipinski definition) is 3. The molecular weight excluding hydrogens is 262 g/mol. The molecule has 0 amide bonds. The van der Waals surface area contributed by atoms with E-state index in [0.29, 0.717) is 11.3 Å². The van der Waals surface area contributed by atoms with Gasteiger partial charge in [0, 0.05) is 12.4 Å². The number of pyridine rings is 1. The van der Waals surface area contributed by atoms with Crippen molar-refractivity contribution in [2.45, 2.75) is 0 Å². The van der Waals surface area contributed by atoms with Gasteiger partial charge in [-0.25, -0.2) is 4.79 Å². The Balaban J connectivity index is 1.75. The lowest BCUT2D eigenvalue weighted by atomic mass is 10.1. The van der Waals surface area contributed by atoms with Gasteiger partial charge >= 0.3 is 5.97 Å². The number of carbonyl (C=O) groups is 1. The number of aromatic nitrogens is 1. The van der Waals surface area contributed by atoms with Gasteiger partial charge < -0.3 is 4.74 Å². The lowest BCUT2D eigenvalue weighted by Gasteiger charge is -2.06. The average molecular weight is 275 g/mol. The Kier molecular flexibility index (Phi) is 3.74. The zero-order valence-corrected chi connectivity index (χ0v) is 11.3. The lowest BCUT2D eigenvalue weighted by molar-refractivity contribution is 0.0734. The summed E-state index contributed by atoms with van der Waals surface area (Å²) in [4.78, 5) is 15.8. The highest BCUT2D eigenvalue weighted by Crippen LogP contribution is 2.22. The van der Waals surface area contributed by atoms with Gasteiger partial charge in [-0.3, -0.25) is 4.98 Å². The minimum Gasteiger partial charge on any atom is -0.423 e. The van der Waals surface area contributed by atoms with Crippen molar-refractivity contribution >= 4 is 5.97 Å². The molecule has 0 unspecified atom stereocenters. The second kappa shape index (κ2) is 6.01. The summed E-state index contributed by atoms with van der Waals surface area (Å²) in [6, 6.07) is 20.8. The molecular formula is C18H13NO2. The first kappa shape index (κ1) is 13.1. The van der Waals surface area contributed by atoms with Gasteiger partial charge in [-0.2, -0.15) is 0 Å². The van der Waals surface area contributed by atoms with Crippen molar-refractivity contribution in [1.82, 2.24) is 4.98 Å². The zero-order valence-electron chi connectivity index (χ0n) is 11.3. The Morgan fingerprint density at radius 3 is 2.05 bits per heavy atom. The SMILES string of the molecule is O=C(Oc1ccc(-c2ccccc2)cc1)c1ccncc1. The Morgan fingerprint density at radius 1 is 0.762 bits per heavy atom. The molecule has 3 nitrogen and oxygen atoms in total. The summed E-state index contributed by atoms with van der Waals surface area (Å²) in [6.45, 7) is 0. The summed E-state index contributed by atoms with van der Waals surface area (Å²) in [6.07, 6.45) is 3.13. The maximum atomic E-state index is 11.9. The van der Waals surface area contributed by atoms with E-state index in [1.807, 2.05) is 42.5 Å². The molecule has 0 bridgehead atoms. The predicted octanol–water partition coefficient (Wildman–Crippen LogP) is 3.97. The summed E-state index contributed by atoms with van der Waals surface area (Å²) >= 11 is 0. The molecule has 102 valence electrons. The number of esters is 1. The molecule has 0 aliphatic rings. The minimum atomic E-state index is -0.384. The summed E-state index contributed by atoms with van der Waals surface area (Å²) in [5.41, 5.74) is 2.70. The third-order valence-corrected chi connectivity index (χ3v) is 3.09. The van der Waals surface area contributed by atoms with E-state index in [-0.39, 0.29) is 5.97 Å². The number of benzene rings is 2. The first-order chi connectivity index (χ1) is 10.3. The number of carbonyl (C=O) groups excluding carboxylic acids is 1. The number of nitrogens with zero attached hydrogens (tertiary/aromatic N) is 1. The molecule has 3 aromatic rings. The molecule has 1 aromatic heterocycles. The van der Waals surface area contributed by atoms with Gasteiger partial charge in [0.25, 0.3) is 0 Å². The monoisotopic (exact) mass is 275 g/mol. The Morgan fingerprint density at radius 2 is 1.38 bits per heavy atom. The van der Waals surface area contributed by atoms with Crippen LogP contribution in [0, 0.1) is 0 Å². The molecule has 3 heteroatoms. The molecule has 0 aliphatic heterocycles. The van der Waals surface area contributed by atoms with Crippen LogP contribution >= 0.6 is 0 Å². The van der Waals surface area contributed by atoms with E-state index < -0.39 is 0 Å². The van der Waals surface area contributed by atoms with Crippen LogP contribution in [0.4, 0.5) is 0 Å². The normalized spacial score (nSPS) is 10.1. The van der Waals surface area contributed by atoms with E-state index >= 15 is 0 Å². The molecule has 2 aromatic carbocycles. The van der Waals surface area contributed by atoms with Gasteiger partial charge in [0.15, 0.2) is 0 Å². The van der Waals surface area contributed by atoms with E-state index in [4.69, 9.17) is 4.74 Å². The van der Waals surface area contributed by atoms with Crippen LogP contribution in [0.25, 0.3) is 11.1 Å². The van der Waals surface area contributed by atoms with E-state index in [0.717, 1.165) is 11.1 Å². The highest BCUT2D eigenvalue weighted by Gasteiger charge is 2.07. The van der Waals surface area contributed by atoms with Gasteiger partial charge in [-0.1, -0.05) is 42.5 Å². The van der Waals surface area contributed by atoms with Crippen LogP contribution in [0.5, 0.6) is 5.75 Å². The van der Waals surface area contributed by atoms with Gasteiger partial charge in [-0.05, 0) is 35.4 Å². The number of ether oxygens (including phenoxy) is 1. The van der Waals surface area contributed by atoms with Crippen molar-refractivity contribution in [3.63, 3.8) is 0 Å². The largest absolute Gasteiger partial charge is 0.423 e. The Hall–Kier alpha value is -2.94. The van der Waals surface area contributed by atoms with Crippen LogP contribution in [0.3, 0.4) is 0 Å². The van der Waals surface area contributed by atoms with Crippen LogP contribution in [0.15, 0.2) is 79.1 Å². The zero-order chi connectivity index (χ0) is 14.5. The fraction of sp³-hybridized carbons (Fsp3) is 0. The van der Waals surface area contributed by atoms with Crippen molar-refractivity contribution in [2.24, 2.45) is 0 Å². The molecule has 0 spiro atoms. The Bertz CT molecular complexity index is 722. The summed E-state index contributed by atoms with van der Waals surface area (Å²) in [7, 11) is 0. The topological polar surface area (TPSA) is 39.2 Å². The molecule has 0 saturated heterocycles. The van der Waals surface area contributed by atoms with Crippen molar-refractivity contribution in [3.05, 3.63) is 84.7 Å². The highest BCUT2D eigenvalue weighted by molar-refractivity contribution is 5.90. The highest BCUT2D eigenvalue weighted by atomic mass is 16.5. The summed E-state index contributed by atoms with van der Waals surface area (Å²) in [5.74, 6) is 0.140. The fourth-order valence-electron chi connectivity index (χ4n) is 2.00. The third-order valence-electron chi connectivity index (χ3n) is 3.09. The lowest BCUT2D eigenvalue weighted by Crippen LogP contribution is -2.08. The van der Waals surface area contributed by atoms with E-state index in [1.54, 1.807) is 36.7 Å². The van der Waals surface area contributed by atoms with Crippen LogP contribution in [-0.4, -0.2) is 11.0 Å². The first-order valence-electron chi connectivity index (χ1n) is 6.60. The molecule has 0 atom stereocenters. The summed E-state index contributed by atoms with van der Waals surface area (Å²) < 4.78 is 5.32. The quantitative estimate of drug-likeness (QED) is 0.536. The standard InChI is InChI=1S/C18H13NO2/c20-18(16-10-12-19-13-11-16)21-17-8-6-15(7-9-17)14-4-2-1-3-5-14/h1-13H. The van der Waals surface area contributed by atoms with Crippen molar-refractivity contribution < 1.29 is 9.53 Å². The van der Waals surface area contributed by atoms with Crippen LogP contribution in [0.2, 0.25) is 0 Å².